The summed E-state index contributed by atoms with van der Waals surface area (Å²) in [6.07, 6.45) is 1.71. The van der Waals surface area contributed by atoms with Crippen LogP contribution in [0.1, 0.15) is 47.5 Å². The molecule has 0 bridgehead atoms. The van der Waals surface area contributed by atoms with Gasteiger partial charge in [0.05, 0.1) is 6.04 Å². The number of rotatable bonds is 7. The van der Waals surface area contributed by atoms with E-state index in [9.17, 15) is 4.79 Å². The minimum atomic E-state index is -0.343. The zero-order valence-electron chi connectivity index (χ0n) is 11.4. The maximum Gasteiger partial charge on any atom is 0.236 e. The van der Waals surface area contributed by atoms with Crippen molar-refractivity contribution >= 4 is 5.91 Å². The Balaban J connectivity index is 4.06. The standard InChI is InChI=1S/C13H28N2O/c1-6-7-12(14)13(16)15-8-11(9(2)3)10(4)5/h9-12H,6-8,14H2,1-5H3,(H,15,16). The Morgan fingerprint density at radius 1 is 1.19 bits per heavy atom. The van der Waals surface area contributed by atoms with Crippen LogP contribution in [0.4, 0.5) is 0 Å². The number of amides is 1. The molecule has 1 atom stereocenters. The number of nitrogens with one attached hydrogen (secondary N) is 1. The molecule has 0 aromatic rings. The second-order valence-electron chi connectivity index (χ2n) is 5.29. The first kappa shape index (κ1) is 15.4. The van der Waals surface area contributed by atoms with Gasteiger partial charge in [0.25, 0.3) is 0 Å². The number of hydrogen-bond donors (Lipinski definition) is 2. The number of carbonyl (C=O) groups excluding carboxylic acids is 1. The van der Waals surface area contributed by atoms with Gasteiger partial charge < -0.3 is 11.1 Å². The number of nitrogens with two attached hydrogens (primary N) is 1. The largest absolute Gasteiger partial charge is 0.354 e. The average Bonchev–Trinajstić information content (AvgIpc) is 2.16. The maximum absolute atomic E-state index is 11.6. The van der Waals surface area contributed by atoms with Gasteiger partial charge in [0.1, 0.15) is 0 Å². The topological polar surface area (TPSA) is 55.1 Å². The van der Waals surface area contributed by atoms with E-state index in [0.29, 0.717) is 17.8 Å². The predicted molar refractivity (Wildman–Crippen MR) is 69.1 cm³/mol. The van der Waals surface area contributed by atoms with Gasteiger partial charge in [0.2, 0.25) is 5.91 Å². The summed E-state index contributed by atoms with van der Waals surface area (Å²) in [6.45, 7) is 11.6. The molecule has 1 unspecified atom stereocenters. The van der Waals surface area contributed by atoms with Crippen molar-refractivity contribution in [1.82, 2.24) is 5.32 Å². The molecule has 0 aliphatic heterocycles. The average molecular weight is 228 g/mol. The molecule has 0 heterocycles. The van der Waals surface area contributed by atoms with Gasteiger partial charge in [0.15, 0.2) is 0 Å². The number of hydrogen-bond acceptors (Lipinski definition) is 2. The zero-order valence-corrected chi connectivity index (χ0v) is 11.4. The van der Waals surface area contributed by atoms with E-state index >= 15 is 0 Å². The van der Waals surface area contributed by atoms with E-state index in [1.165, 1.54) is 0 Å². The maximum atomic E-state index is 11.6. The lowest BCUT2D eigenvalue weighted by molar-refractivity contribution is -0.122. The molecule has 0 aliphatic rings. The lowest BCUT2D eigenvalue weighted by atomic mass is 9.85. The molecule has 0 saturated heterocycles. The van der Waals surface area contributed by atoms with Crippen LogP contribution in [0.5, 0.6) is 0 Å². The molecular formula is C13H28N2O. The van der Waals surface area contributed by atoms with Gasteiger partial charge in [-0.25, -0.2) is 0 Å². The second-order valence-corrected chi connectivity index (χ2v) is 5.29. The van der Waals surface area contributed by atoms with Crippen LogP contribution in [0, 0.1) is 17.8 Å². The van der Waals surface area contributed by atoms with E-state index in [0.717, 1.165) is 19.4 Å². The predicted octanol–water partition coefficient (Wildman–Crippen LogP) is 2.16. The molecule has 16 heavy (non-hydrogen) atoms. The first-order valence-electron chi connectivity index (χ1n) is 6.43. The van der Waals surface area contributed by atoms with Gasteiger partial charge in [-0.15, -0.1) is 0 Å². The molecule has 3 heteroatoms. The molecule has 1 amide bonds. The van der Waals surface area contributed by atoms with Crippen molar-refractivity contribution in [3.05, 3.63) is 0 Å². The van der Waals surface area contributed by atoms with Crippen LogP contribution in [-0.2, 0) is 4.79 Å². The summed E-state index contributed by atoms with van der Waals surface area (Å²) in [7, 11) is 0. The molecule has 0 saturated carbocycles. The van der Waals surface area contributed by atoms with Crippen molar-refractivity contribution < 1.29 is 4.79 Å². The molecule has 0 radical (unpaired) electrons. The van der Waals surface area contributed by atoms with E-state index in [2.05, 4.69) is 33.0 Å². The second kappa shape index (κ2) is 7.66. The summed E-state index contributed by atoms with van der Waals surface area (Å²) in [5, 5.41) is 2.97. The first-order chi connectivity index (χ1) is 7.40. The lowest BCUT2D eigenvalue weighted by Gasteiger charge is -2.25. The number of carbonyl (C=O) groups is 1. The Labute approximate surface area is 100 Å². The van der Waals surface area contributed by atoms with Crippen LogP contribution >= 0.6 is 0 Å². The molecule has 96 valence electrons. The van der Waals surface area contributed by atoms with Gasteiger partial charge in [-0.1, -0.05) is 41.0 Å². The van der Waals surface area contributed by atoms with Gasteiger partial charge >= 0.3 is 0 Å². The molecule has 0 fully saturated rings. The van der Waals surface area contributed by atoms with Crippen molar-refractivity contribution in [1.29, 1.82) is 0 Å². The van der Waals surface area contributed by atoms with Crippen molar-refractivity contribution in [2.45, 2.75) is 53.5 Å². The summed E-state index contributed by atoms with van der Waals surface area (Å²) < 4.78 is 0. The van der Waals surface area contributed by atoms with E-state index in [-0.39, 0.29) is 11.9 Å². The third-order valence-corrected chi connectivity index (χ3v) is 3.16. The Bertz CT molecular complexity index is 194. The highest BCUT2D eigenvalue weighted by Gasteiger charge is 2.19. The highest BCUT2D eigenvalue weighted by atomic mass is 16.2. The van der Waals surface area contributed by atoms with Gasteiger partial charge in [-0.05, 0) is 24.2 Å². The quantitative estimate of drug-likeness (QED) is 0.701. The first-order valence-corrected chi connectivity index (χ1v) is 6.43. The van der Waals surface area contributed by atoms with Crippen LogP contribution in [0.25, 0.3) is 0 Å². The Morgan fingerprint density at radius 3 is 2.06 bits per heavy atom. The molecule has 0 spiro atoms. The summed E-state index contributed by atoms with van der Waals surface area (Å²) >= 11 is 0. The third-order valence-electron chi connectivity index (χ3n) is 3.16. The highest BCUT2D eigenvalue weighted by molar-refractivity contribution is 5.81. The van der Waals surface area contributed by atoms with Crippen LogP contribution < -0.4 is 11.1 Å². The fourth-order valence-electron chi connectivity index (χ4n) is 2.03. The fraction of sp³-hybridized carbons (Fsp3) is 0.923. The van der Waals surface area contributed by atoms with Crippen LogP contribution in [-0.4, -0.2) is 18.5 Å². The molecule has 3 nitrogen and oxygen atoms in total. The Morgan fingerprint density at radius 2 is 1.69 bits per heavy atom. The molecule has 0 aliphatic carbocycles. The van der Waals surface area contributed by atoms with Crippen molar-refractivity contribution in [3.63, 3.8) is 0 Å². The monoisotopic (exact) mass is 228 g/mol. The van der Waals surface area contributed by atoms with E-state index in [4.69, 9.17) is 5.73 Å². The van der Waals surface area contributed by atoms with Gasteiger partial charge in [-0.2, -0.15) is 0 Å². The molecule has 0 aromatic heterocycles. The van der Waals surface area contributed by atoms with Crippen molar-refractivity contribution in [3.8, 4) is 0 Å². The molecular weight excluding hydrogens is 200 g/mol. The molecule has 0 aromatic carbocycles. The fourth-order valence-corrected chi connectivity index (χ4v) is 2.03. The Kier molecular flexibility index (Phi) is 7.39. The van der Waals surface area contributed by atoms with E-state index in [1.807, 2.05) is 6.92 Å². The molecule has 0 rings (SSSR count). The van der Waals surface area contributed by atoms with E-state index in [1.54, 1.807) is 0 Å². The van der Waals surface area contributed by atoms with Crippen molar-refractivity contribution in [2.24, 2.45) is 23.5 Å². The summed E-state index contributed by atoms with van der Waals surface area (Å²) in [5.74, 6) is 1.69. The normalized spacial score (nSPS) is 13.6. The molecule has 3 N–H and O–H groups in total. The summed E-state index contributed by atoms with van der Waals surface area (Å²) in [6, 6.07) is -0.343. The van der Waals surface area contributed by atoms with Crippen LogP contribution in [0.3, 0.4) is 0 Å². The highest BCUT2D eigenvalue weighted by Crippen LogP contribution is 2.19. The minimum absolute atomic E-state index is 0.00634. The van der Waals surface area contributed by atoms with Gasteiger partial charge in [0, 0.05) is 6.54 Å². The van der Waals surface area contributed by atoms with Crippen LogP contribution in [0.2, 0.25) is 0 Å². The SMILES string of the molecule is CCCC(N)C(=O)NCC(C(C)C)C(C)C. The van der Waals surface area contributed by atoms with Gasteiger partial charge in [-0.3, -0.25) is 4.79 Å². The summed E-state index contributed by atoms with van der Waals surface area (Å²) in [5.41, 5.74) is 5.75. The van der Waals surface area contributed by atoms with Crippen molar-refractivity contribution in [2.75, 3.05) is 6.54 Å². The summed E-state index contributed by atoms with van der Waals surface area (Å²) in [4.78, 5) is 11.6. The van der Waals surface area contributed by atoms with Crippen LogP contribution in [0.15, 0.2) is 0 Å². The van der Waals surface area contributed by atoms with E-state index < -0.39 is 0 Å². The smallest absolute Gasteiger partial charge is 0.236 e. The zero-order chi connectivity index (χ0) is 12.7. The Hall–Kier alpha value is -0.570. The third kappa shape index (κ3) is 5.50. The lowest BCUT2D eigenvalue weighted by Crippen LogP contribution is -2.43. The minimum Gasteiger partial charge on any atom is -0.354 e.